The van der Waals surface area contributed by atoms with Crippen LogP contribution in [0.5, 0.6) is 0 Å². The SMILES string of the molecule is O=C(NC1CCC(C(O)C2CC2)CC1)c1ccc(-c2cccc(F)c2)nc1. The molecule has 0 radical (unpaired) electrons. The fourth-order valence-corrected chi connectivity index (χ4v) is 4.04. The zero-order valence-electron chi connectivity index (χ0n) is 15.3. The van der Waals surface area contributed by atoms with Crippen LogP contribution >= 0.6 is 0 Å². The molecule has 1 heterocycles. The van der Waals surface area contributed by atoms with Crippen LogP contribution in [0.4, 0.5) is 4.39 Å². The van der Waals surface area contributed by atoms with E-state index >= 15 is 0 Å². The molecule has 1 aromatic heterocycles. The number of carbonyl (C=O) groups excluding carboxylic acids is 1. The van der Waals surface area contributed by atoms with Gasteiger partial charge in [0.15, 0.2) is 0 Å². The Morgan fingerprint density at radius 3 is 2.37 bits per heavy atom. The summed E-state index contributed by atoms with van der Waals surface area (Å²) in [6.07, 6.45) is 7.48. The summed E-state index contributed by atoms with van der Waals surface area (Å²) in [5.41, 5.74) is 1.84. The smallest absolute Gasteiger partial charge is 0.253 e. The van der Waals surface area contributed by atoms with Crippen molar-refractivity contribution >= 4 is 5.91 Å². The van der Waals surface area contributed by atoms with Crippen molar-refractivity contribution in [3.63, 3.8) is 0 Å². The van der Waals surface area contributed by atoms with Gasteiger partial charge in [0.05, 0.1) is 17.4 Å². The Kier molecular flexibility index (Phi) is 5.21. The Hall–Kier alpha value is -2.27. The second-order valence-electron chi connectivity index (χ2n) is 7.86. The quantitative estimate of drug-likeness (QED) is 0.840. The number of pyridine rings is 1. The van der Waals surface area contributed by atoms with E-state index in [1.54, 1.807) is 24.3 Å². The predicted molar refractivity (Wildman–Crippen MR) is 102 cm³/mol. The fraction of sp³-hybridized carbons (Fsp3) is 0.455. The van der Waals surface area contributed by atoms with Gasteiger partial charge in [-0.1, -0.05) is 12.1 Å². The molecular formula is C22H25FN2O2. The molecule has 0 bridgehead atoms. The van der Waals surface area contributed by atoms with Gasteiger partial charge in [-0.15, -0.1) is 0 Å². The van der Waals surface area contributed by atoms with E-state index in [1.165, 1.54) is 18.3 Å². The Morgan fingerprint density at radius 1 is 1.07 bits per heavy atom. The number of aliphatic hydroxyl groups excluding tert-OH is 1. The normalized spacial score (nSPS) is 23.6. The van der Waals surface area contributed by atoms with E-state index in [9.17, 15) is 14.3 Å². The highest BCUT2D eigenvalue weighted by atomic mass is 19.1. The third-order valence-corrected chi connectivity index (χ3v) is 5.84. The first-order valence-corrected chi connectivity index (χ1v) is 9.81. The van der Waals surface area contributed by atoms with Crippen LogP contribution < -0.4 is 5.32 Å². The molecule has 4 rings (SSSR count). The third-order valence-electron chi connectivity index (χ3n) is 5.84. The van der Waals surface area contributed by atoms with Crippen LogP contribution in [0.2, 0.25) is 0 Å². The summed E-state index contributed by atoms with van der Waals surface area (Å²) < 4.78 is 13.3. The highest BCUT2D eigenvalue weighted by Crippen LogP contribution is 2.40. The monoisotopic (exact) mass is 368 g/mol. The first-order chi connectivity index (χ1) is 13.1. The number of amides is 1. The van der Waals surface area contributed by atoms with Crippen LogP contribution in [0.1, 0.15) is 48.9 Å². The zero-order chi connectivity index (χ0) is 18.8. The van der Waals surface area contributed by atoms with Crippen molar-refractivity contribution in [2.75, 3.05) is 0 Å². The lowest BCUT2D eigenvalue weighted by atomic mass is 9.81. The molecule has 27 heavy (non-hydrogen) atoms. The predicted octanol–water partition coefficient (Wildman–Crippen LogP) is 3.95. The van der Waals surface area contributed by atoms with E-state index < -0.39 is 0 Å². The summed E-state index contributed by atoms with van der Waals surface area (Å²) in [5, 5.41) is 13.4. The summed E-state index contributed by atoms with van der Waals surface area (Å²) in [6, 6.07) is 9.88. The van der Waals surface area contributed by atoms with Gasteiger partial charge in [0.25, 0.3) is 5.91 Å². The van der Waals surface area contributed by atoms with Crippen LogP contribution in [0.25, 0.3) is 11.3 Å². The number of benzene rings is 1. The minimum atomic E-state index is -0.307. The maximum Gasteiger partial charge on any atom is 0.253 e. The fourth-order valence-electron chi connectivity index (χ4n) is 4.04. The molecule has 0 aliphatic heterocycles. The molecule has 5 heteroatoms. The van der Waals surface area contributed by atoms with Crippen LogP contribution in [0, 0.1) is 17.7 Å². The van der Waals surface area contributed by atoms with Gasteiger partial charge in [-0.25, -0.2) is 4.39 Å². The second kappa shape index (κ2) is 7.77. The van der Waals surface area contributed by atoms with Crippen LogP contribution in [-0.2, 0) is 0 Å². The highest BCUT2D eigenvalue weighted by molar-refractivity contribution is 5.94. The molecule has 2 aliphatic rings. The number of nitrogens with one attached hydrogen (secondary N) is 1. The lowest BCUT2D eigenvalue weighted by Crippen LogP contribution is -2.39. The minimum Gasteiger partial charge on any atom is -0.393 e. The van der Waals surface area contributed by atoms with Gasteiger partial charge in [0.1, 0.15) is 5.82 Å². The number of hydrogen-bond acceptors (Lipinski definition) is 3. The van der Waals surface area contributed by atoms with Crippen molar-refractivity contribution in [1.82, 2.24) is 10.3 Å². The van der Waals surface area contributed by atoms with E-state index in [0.29, 0.717) is 28.7 Å². The van der Waals surface area contributed by atoms with Crippen LogP contribution in [0.3, 0.4) is 0 Å². The summed E-state index contributed by atoms with van der Waals surface area (Å²) in [5.74, 6) is 0.472. The Morgan fingerprint density at radius 2 is 1.78 bits per heavy atom. The van der Waals surface area contributed by atoms with Crippen molar-refractivity contribution in [2.24, 2.45) is 11.8 Å². The highest BCUT2D eigenvalue weighted by Gasteiger charge is 2.37. The van der Waals surface area contributed by atoms with Gasteiger partial charge in [-0.05, 0) is 74.6 Å². The van der Waals surface area contributed by atoms with Crippen molar-refractivity contribution in [1.29, 1.82) is 0 Å². The van der Waals surface area contributed by atoms with Gasteiger partial charge in [-0.2, -0.15) is 0 Å². The van der Waals surface area contributed by atoms with Crippen LogP contribution in [0.15, 0.2) is 42.6 Å². The van der Waals surface area contributed by atoms with Gasteiger partial charge in [-0.3, -0.25) is 9.78 Å². The first-order valence-electron chi connectivity index (χ1n) is 9.81. The van der Waals surface area contributed by atoms with E-state index in [2.05, 4.69) is 10.3 Å². The summed E-state index contributed by atoms with van der Waals surface area (Å²) in [6.45, 7) is 0. The molecule has 2 fully saturated rings. The molecule has 1 atom stereocenters. The van der Waals surface area contributed by atoms with E-state index in [4.69, 9.17) is 0 Å². The Bertz CT molecular complexity index is 796. The van der Waals surface area contributed by atoms with Gasteiger partial charge in [0.2, 0.25) is 0 Å². The molecule has 1 aromatic carbocycles. The number of hydrogen-bond donors (Lipinski definition) is 2. The van der Waals surface area contributed by atoms with Crippen molar-refractivity contribution in [3.05, 3.63) is 54.0 Å². The maximum absolute atomic E-state index is 13.3. The lowest BCUT2D eigenvalue weighted by molar-refractivity contribution is 0.0590. The molecule has 1 unspecified atom stereocenters. The topological polar surface area (TPSA) is 62.2 Å². The minimum absolute atomic E-state index is 0.125. The van der Waals surface area contributed by atoms with Crippen molar-refractivity contribution in [3.8, 4) is 11.3 Å². The molecule has 2 aliphatic carbocycles. The van der Waals surface area contributed by atoms with Crippen LogP contribution in [-0.4, -0.2) is 28.1 Å². The molecular weight excluding hydrogens is 343 g/mol. The average Bonchev–Trinajstić information content (AvgIpc) is 3.53. The number of aliphatic hydroxyl groups is 1. The number of rotatable bonds is 5. The summed E-state index contributed by atoms with van der Waals surface area (Å²) in [4.78, 5) is 16.8. The summed E-state index contributed by atoms with van der Waals surface area (Å²) >= 11 is 0. The summed E-state index contributed by atoms with van der Waals surface area (Å²) in [7, 11) is 0. The van der Waals surface area contributed by atoms with E-state index in [0.717, 1.165) is 38.5 Å². The number of halogens is 1. The number of nitrogens with zero attached hydrogens (tertiary/aromatic N) is 1. The largest absolute Gasteiger partial charge is 0.393 e. The molecule has 0 spiro atoms. The first kappa shape index (κ1) is 18.1. The number of carbonyl (C=O) groups is 1. The molecule has 4 nitrogen and oxygen atoms in total. The second-order valence-corrected chi connectivity index (χ2v) is 7.86. The molecule has 2 saturated carbocycles. The Balaban J connectivity index is 1.32. The van der Waals surface area contributed by atoms with Gasteiger partial charge < -0.3 is 10.4 Å². The maximum atomic E-state index is 13.3. The van der Waals surface area contributed by atoms with Crippen molar-refractivity contribution < 1.29 is 14.3 Å². The van der Waals surface area contributed by atoms with E-state index in [-0.39, 0.29) is 23.9 Å². The molecule has 2 N–H and O–H groups in total. The van der Waals surface area contributed by atoms with E-state index in [1.807, 2.05) is 0 Å². The van der Waals surface area contributed by atoms with Crippen molar-refractivity contribution in [2.45, 2.75) is 50.7 Å². The molecule has 2 aromatic rings. The van der Waals surface area contributed by atoms with Gasteiger partial charge in [0, 0.05) is 17.8 Å². The Labute approximate surface area is 158 Å². The standard InChI is InChI=1S/C22H25FN2O2/c23-18-3-1-2-16(12-18)20-11-8-17(13-24-20)22(27)25-19-9-6-15(7-10-19)21(26)14-4-5-14/h1-3,8,11-15,19,21,26H,4-7,9-10H2,(H,25,27). The third kappa shape index (κ3) is 4.35. The molecule has 142 valence electrons. The zero-order valence-corrected chi connectivity index (χ0v) is 15.3. The molecule has 0 saturated heterocycles. The van der Waals surface area contributed by atoms with Gasteiger partial charge >= 0.3 is 0 Å². The number of aromatic nitrogens is 1. The average molecular weight is 368 g/mol. The molecule has 1 amide bonds. The lowest BCUT2D eigenvalue weighted by Gasteiger charge is -2.32.